The SMILES string of the molecule is CCc1ccc(C)c2c1CC1(CCC(C)CC1)C2. The van der Waals surface area contributed by atoms with Crippen molar-refractivity contribution < 1.29 is 0 Å². The van der Waals surface area contributed by atoms with Gasteiger partial charge in [-0.1, -0.05) is 38.8 Å². The van der Waals surface area contributed by atoms with Crippen LogP contribution in [0.5, 0.6) is 0 Å². The van der Waals surface area contributed by atoms with Crippen LogP contribution in [0.15, 0.2) is 12.1 Å². The van der Waals surface area contributed by atoms with Crippen LogP contribution in [0.1, 0.15) is 61.8 Å². The van der Waals surface area contributed by atoms with E-state index in [2.05, 4.69) is 32.9 Å². The molecule has 3 rings (SSSR count). The molecule has 2 aliphatic carbocycles. The first-order valence-corrected chi connectivity index (χ1v) is 7.74. The molecule has 0 aliphatic heterocycles. The van der Waals surface area contributed by atoms with Crippen LogP contribution >= 0.6 is 0 Å². The molecule has 2 aliphatic rings. The highest BCUT2D eigenvalue weighted by Crippen LogP contribution is 2.50. The highest BCUT2D eigenvalue weighted by Gasteiger charge is 2.40. The number of rotatable bonds is 1. The first-order valence-electron chi connectivity index (χ1n) is 7.74. The minimum atomic E-state index is 0.644. The molecule has 1 spiro atoms. The third kappa shape index (κ3) is 1.90. The Balaban J connectivity index is 1.93. The molecule has 98 valence electrons. The summed E-state index contributed by atoms with van der Waals surface area (Å²) in [6.07, 6.45) is 9.78. The van der Waals surface area contributed by atoms with Gasteiger partial charge in [0.2, 0.25) is 0 Å². The van der Waals surface area contributed by atoms with E-state index in [-0.39, 0.29) is 0 Å². The van der Waals surface area contributed by atoms with E-state index < -0.39 is 0 Å². The second-order valence-electron chi connectivity index (χ2n) is 6.89. The molecule has 0 saturated heterocycles. The van der Waals surface area contributed by atoms with E-state index in [9.17, 15) is 0 Å². The largest absolute Gasteiger partial charge is 0.0625 e. The molecule has 0 bridgehead atoms. The molecule has 0 radical (unpaired) electrons. The zero-order valence-corrected chi connectivity index (χ0v) is 12.2. The Bertz CT molecular complexity index is 447. The van der Waals surface area contributed by atoms with E-state index in [0.29, 0.717) is 5.41 Å². The van der Waals surface area contributed by atoms with Gasteiger partial charge in [0.25, 0.3) is 0 Å². The summed E-state index contributed by atoms with van der Waals surface area (Å²) in [7, 11) is 0. The van der Waals surface area contributed by atoms with Crippen molar-refractivity contribution in [1.29, 1.82) is 0 Å². The molecule has 0 nitrogen and oxygen atoms in total. The van der Waals surface area contributed by atoms with Crippen molar-refractivity contribution in [2.24, 2.45) is 11.3 Å². The van der Waals surface area contributed by atoms with E-state index in [0.717, 1.165) is 5.92 Å². The van der Waals surface area contributed by atoms with Gasteiger partial charge in [-0.2, -0.15) is 0 Å². The summed E-state index contributed by atoms with van der Waals surface area (Å²) in [6.45, 7) is 7.04. The third-order valence-corrected chi connectivity index (χ3v) is 5.58. The van der Waals surface area contributed by atoms with Crippen LogP contribution in [0, 0.1) is 18.3 Å². The average molecular weight is 242 g/mol. The zero-order chi connectivity index (χ0) is 12.8. The topological polar surface area (TPSA) is 0 Å². The van der Waals surface area contributed by atoms with Crippen LogP contribution in [0.3, 0.4) is 0 Å². The molecule has 0 atom stereocenters. The fraction of sp³-hybridized carbons (Fsp3) is 0.667. The van der Waals surface area contributed by atoms with Gasteiger partial charge in [-0.05, 0) is 72.6 Å². The summed E-state index contributed by atoms with van der Waals surface area (Å²) in [5.74, 6) is 0.964. The van der Waals surface area contributed by atoms with Crippen LogP contribution in [0.25, 0.3) is 0 Å². The summed E-state index contributed by atoms with van der Waals surface area (Å²) in [4.78, 5) is 0. The lowest BCUT2D eigenvalue weighted by Crippen LogP contribution is -2.27. The molecule has 0 heterocycles. The Labute approximate surface area is 112 Å². The van der Waals surface area contributed by atoms with Crippen LogP contribution < -0.4 is 0 Å². The van der Waals surface area contributed by atoms with E-state index in [1.54, 1.807) is 16.7 Å². The van der Waals surface area contributed by atoms with E-state index in [1.165, 1.54) is 50.5 Å². The van der Waals surface area contributed by atoms with Crippen LogP contribution in [-0.4, -0.2) is 0 Å². The van der Waals surface area contributed by atoms with Crippen LogP contribution in [0.4, 0.5) is 0 Å². The van der Waals surface area contributed by atoms with Gasteiger partial charge >= 0.3 is 0 Å². The van der Waals surface area contributed by atoms with Gasteiger partial charge in [0.1, 0.15) is 0 Å². The highest BCUT2D eigenvalue weighted by atomic mass is 14.4. The molecular formula is C18H26. The van der Waals surface area contributed by atoms with Gasteiger partial charge in [0.15, 0.2) is 0 Å². The van der Waals surface area contributed by atoms with Gasteiger partial charge in [-0.15, -0.1) is 0 Å². The zero-order valence-electron chi connectivity index (χ0n) is 12.2. The van der Waals surface area contributed by atoms with Crippen molar-refractivity contribution in [1.82, 2.24) is 0 Å². The Kier molecular flexibility index (Phi) is 3.00. The van der Waals surface area contributed by atoms with Crippen LogP contribution in [-0.2, 0) is 19.3 Å². The molecule has 0 N–H and O–H groups in total. The van der Waals surface area contributed by atoms with Gasteiger partial charge in [0.05, 0.1) is 0 Å². The van der Waals surface area contributed by atoms with Crippen molar-refractivity contribution in [3.63, 3.8) is 0 Å². The summed E-state index contributed by atoms with van der Waals surface area (Å²) in [5.41, 5.74) is 7.24. The van der Waals surface area contributed by atoms with Gasteiger partial charge in [-0.25, -0.2) is 0 Å². The van der Waals surface area contributed by atoms with E-state index in [1.807, 2.05) is 0 Å². The lowest BCUT2D eigenvalue weighted by Gasteiger charge is -2.36. The fourth-order valence-electron chi connectivity index (χ4n) is 4.20. The Morgan fingerprint density at radius 2 is 1.78 bits per heavy atom. The first-order chi connectivity index (χ1) is 8.63. The fourth-order valence-corrected chi connectivity index (χ4v) is 4.20. The van der Waals surface area contributed by atoms with Gasteiger partial charge in [-0.3, -0.25) is 0 Å². The van der Waals surface area contributed by atoms with Crippen molar-refractivity contribution in [3.8, 4) is 0 Å². The number of benzene rings is 1. The van der Waals surface area contributed by atoms with Crippen LogP contribution in [0.2, 0.25) is 0 Å². The van der Waals surface area contributed by atoms with E-state index >= 15 is 0 Å². The molecule has 0 amide bonds. The normalized spacial score (nSPS) is 30.7. The van der Waals surface area contributed by atoms with Crippen molar-refractivity contribution >= 4 is 0 Å². The molecule has 1 saturated carbocycles. The minimum Gasteiger partial charge on any atom is -0.0625 e. The first kappa shape index (κ1) is 12.3. The molecule has 1 aromatic rings. The van der Waals surface area contributed by atoms with Gasteiger partial charge < -0.3 is 0 Å². The van der Waals surface area contributed by atoms with Crippen molar-refractivity contribution in [2.45, 2.75) is 65.7 Å². The Morgan fingerprint density at radius 3 is 2.44 bits per heavy atom. The number of hydrogen-bond acceptors (Lipinski definition) is 0. The maximum absolute atomic E-state index is 2.43. The second-order valence-corrected chi connectivity index (χ2v) is 6.89. The predicted octanol–water partition coefficient (Wildman–Crippen LogP) is 4.85. The second kappa shape index (κ2) is 4.40. The number of hydrogen-bond donors (Lipinski definition) is 0. The maximum Gasteiger partial charge on any atom is -0.0213 e. The predicted molar refractivity (Wildman–Crippen MR) is 78.0 cm³/mol. The monoisotopic (exact) mass is 242 g/mol. The Hall–Kier alpha value is -0.780. The lowest BCUT2D eigenvalue weighted by molar-refractivity contribution is 0.167. The summed E-state index contributed by atoms with van der Waals surface area (Å²) >= 11 is 0. The average Bonchev–Trinajstić information content (AvgIpc) is 2.75. The highest BCUT2D eigenvalue weighted by molar-refractivity contribution is 5.45. The molecule has 0 unspecified atom stereocenters. The molecular weight excluding hydrogens is 216 g/mol. The van der Waals surface area contributed by atoms with Crippen molar-refractivity contribution in [3.05, 3.63) is 34.4 Å². The maximum atomic E-state index is 2.43. The standard InChI is InChI=1S/C18H26/c1-4-15-6-5-14(3)16-11-18(12-17(15)16)9-7-13(2)8-10-18/h5-6,13H,4,7-12H2,1-3H3. The minimum absolute atomic E-state index is 0.644. The van der Waals surface area contributed by atoms with Gasteiger partial charge in [0, 0.05) is 0 Å². The number of aryl methyl sites for hydroxylation is 2. The summed E-state index contributed by atoms with van der Waals surface area (Å²) in [5, 5.41) is 0. The molecule has 0 aromatic heterocycles. The Morgan fingerprint density at radius 1 is 1.11 bits per heavy atom. The molecule has 1 fully saturated rings. The smallest absolute Gasteiger partial charge is 0.0213 e. The van der Waals surface area contributed by atoms with E-state index in [4.69, 9.17) is 0 Å². The summed E-state index contributed by atoms with van der Waals surface area (Å²) in [6, 6.07) is 4.72. The quantitative estimate of drug-likeness (QED) is 0.660. The molecule has 1 aromatic carbocycles. The summed E-state index contributed by atoms with van der Waals surface area (Å²) < 4.78 is 0. The lowest BCUT2D eigenvalue weighted by atomic mass is 9.69. The number of fused-ring (bicyclic) bond motifs is 1. The molecule has 0 heteroatoms. The van der Waals surface area contributed by atoms with Crippen molar-refractivity contribution in [2.75, 3.05) is 0 Å². The third-order valence-electron chi connectivity index (χ3n) is 5.58. The molecule has 18 heavy (non-hydrogen) atoms.